The first-order chi connectivity index (χ1) is 10.8. The Morgan fingerprint density at radius 3 is 2.61 bits per heavy atom. The van der Waals surface area contributed by atoms with Crippen LogP contribution in [0.15, 0.2) is 10.7 Å². The number of carbonyl (C=O) groups is 2. The topological polar surface area (TPSA) is 82.6 Å². The first-order valence-electron chi connectivity index (χ1n) is 7.69. The summed E-state index contributed by atoms with van der Waals surface area (Å²) >= 11 is 0.986. The number of nitrogens with one attached hydrogen (secondary N) is 1. The van der Waals surface area contributed by atoms with Gasteiger partial charge in [-0.3, -0.25) is 24.3 Å². The van der Waals surface area contributed by atoms with Gasteiger partial charge in [0, 0.05) is 20.0 Å². The predicted octanol–water partition coefficient (Wildman–Crippen LogP) is 0.232. The van der Waals surface area contributed by atoms with E-state index in [0.29, 0.717) is 0 Å². The first-order valence-corrected chi connectivity index (χ1v) is 8.50. The number of amides is 1. The molecule has 9 heteroatoms. The van der Waals surface area contributed by atoms with Gasteiger partial charge in [0.15, 0.2) is 5.12 Å². The number of rotatable bonds is 5. The van der Waals surface area contributed by atoms with Crippen molar-refractivity contribution >= 4 is 28.7 Å². The van der Waals surface area contributed by atoms with E-state index >= 15 is 0 Å². The molecule has 1 aromatic rings. The molecule has 1 amide bonds. The Bertz CT molecular complexity index is 567. The molecule has 8 nitrogen and oxygen atoms in total. The van der Waals surface area contributed by atoms with Crippen LogP contribution in [-0.4, -0.2) is 58.7 Å². The fourth-order valence-electron chi connectivity index (χ4n) is 2.35. The highest BCUT2D eigenvalue weighted by Crippen LogP contribution is 2.26. The molecule has 0 atom stereocenters. The van der Waals surface area contributed by atoms with Crippen LogP contribution in [0.1, 0.15) is 27.7 Å². The minimum atomic E-state index is -0.865. The molecule has 0 saturated carbocycles. The molecule has 1 saturated heterocycles. The smallest absolute Gasteiger partial charge is 0.300 e. The third-order valence-electron chi connectivity index (χ3n) is 3.72. The van der Waals surface area contributed by atoms with E-state index in [4.69, 9.17) is 4.52 Å². The minimum Gasteiger partial charge on any atom is -0.300 e. The molecule has 1 fully saturated rings. The van der Waals surface area contributed by atoms with Gasteiger partial charge < -0.3 is 0 Å². The molecule has 0 aliphatic carbocycles. The molecule has 128 valence electrons. The van der Waals surface area contributed by atoms with E-state index in [2.05, 4.69) is 27.4 Å². The van der Waals surface area contributed by atoms with E-state index in [1.807, 2.05) is 0 Å². The van der Waals surface area contributed by atoms with Crippen molar-refractivity contribution in [3.8, 4) is 0 Å². The second-order valence-corrected chi connectivity index (χ2v) is 7.73. The van der Waals surface area contributed by atoms with E-state index < -0.39 is 4.75 Å². The Morgan fingerprint density at radius 1 is 1.39 bits per heavy atom. The molecule has 2 rings (SSSR count). The molecule has 1 aromatic heterocycles. The molecule has 1 N–H and O–H groups in total. The van der Waals surface area contributed by atoms with Crippen molar-refractivity contribution in [1.82, 2.24) is 10.2 Å². The number of nitrogens with zero attached hydrogens (tertiary/aromatic N) is 4. The summed E-state index contributed by atoms with van der Waals surface area (Å²) in [6.45, 7) is 11.7. The number of aromatic nitrogens is 2. The van der Waals surface area contributed by atoms with Gasteiger partial charge in [0.1, 0.15) is 0 Å². The third kappa shape index (κ3) is 4.68. The molecule has 23 heavy (non-hydrogen) atoms. The van der Waals surface area contributed by atoms with E-state index in [1.54, 1.807) is 24.8 Å². The second kappa shape index (κ2) is 7.31. The lowest BCUT2D eigenvalue weighted by molar-refractivity contribution is -0.759. The molecule has 0 aromatic carbocycles. The highest BCUT2D eigenvalue weighted by molar-refractivity contribution is 8.15. The molecule has 0 bridgehead atoms. The van der Waals surface area contributed by atoms with Gasteiger partial charge in [-0.2, -0.15) is 5.01 Å². The van der Waals surface area contributed by atoms with E-state index in [9.17, 15) is 9.59 Å². The first kappa shape index (κ1) is 17.7. The number of hydrogen-bond donors (Lipinski definition) is 1. The third-order valence-corrected chi connectivity index (χ3v) is 4.71. The van der Waals surface area contributed by atoms with Gasteiger partial charge in [-0.15, -0.1) is 0 Å². The zero-order chi connectivity index (χ0) is 17.0. The number of anilines is 1. The Morgan fingerprint density at radius 2 is 2.04 bits per heavy atom. The fraction of sp³-hybridized carbons (Fsp3) is 0.714. The van der Waals surface area contributed by atoms with Gasteiger partial charge in [-0.1, -0.05) is 18.7 Å². The highest BCUT2D eigenvalue weighted by Gasteiger charge is 2.32. The van der Waals surface area contributed by atoms with Gasteiger partial charge in [0.2, 0.25) is 11.2 Å². The zero-order valence-corrected chi connectivity index (χ0v) is 14.9. The average molecular weight is 342 g/mol. The van der Waals surface area contributed by atoms with Crippen molar-refractivity contribution in [2.75, 3.05) is 43.0 Å². The Labute approximate surface area is 140 Å². The number of thioether (sulfide) groups is 1. The van der Waals surface area contributed by atoms with Crippen LogP contribution in [0.25, 0.3) is 0 Å². The van der Waals surface area contributed by atoms with Gasteiger partial charge in [-0.25, -0.2) is 0 Å². The number of hydrogen-bond acceptors (Lipinski definition) is 7. The Hall–Kier alpha value is -1.61. The van der Waals surface area contributed by atoms with Crippen molar-refractivity contribution in [2.24, 2.45) is 0 Å². The summed E-state index contributed by atoms with van der Waals surface area (Å²) < 4.78 is 4.31. The van der Waals surface area contributed by atoms with E-state index in [0.717, 1.165) is 44.5 Å². The van der Waals surface area contributed by atoms with Crippen LogP contribution in [0.4, 0.5) is 5.88 Å². The maximum absolute atomic E-state index is 12.2. The van der Waals surface area contributed by atoms with Crippen molar-refractivity contribution < 1.29 is 18.9 Å². The molecule has 1 aliphatic heterocycles. The highest BCUT2D eigenvalue weighted by atomic mass is 32.2. The van der Waals surface area contributed by atoms with Crippen LogP contribution >= 0.6 is 11.8 Å². The van der Waals surface area contributed by atoms with Crippen molar-refractivity contribution in [2.45, 2.75) is 32.4 Å². The maximum atomic E-state index is 12.2. The summed E-state index contributed by atoms with van der Waals surface area (Å²) in [5.74, 6) is -0.0260. The van der Waals surface area contributed by atoms with Crippen molar-refractivity contribution in [3.63, 3.8) is 0 Å². The summed E-state index contributed by atoms with van der Waals surface area (Å²) in [5, 5.41) is 8.57. The normalized spacial score (nSPS) is 16.4. The van der Waals surface area contributed by atoms with Crippen LogP contribution in [0.3, 0.4) is 0 Å². The summed E-state index contributed by atoms with van der Waals surface area (Å²) in [4.78, 5) is 27.4. The molecular formula is C14H24N5O3S+. The monoisotopic (exact) mass is 342 g/mol. The molecule has 2 heterocycles. The maximum Gasteiger partial charge on any atom is 0.305 e. The zero-order valence-electron chi connectivity index (χ0n) is 14.0. The van der Waals surface area contributed by atoms with Gasteiger partial charge in [-0.05, 0) is 20.4 Å². The average Bonchev–Trinajstić information content (AvgIpc) is 2.94. The molecular weight excluding hydrogens is 318 g/mol. The summed E-state index contributed by atoms with van der Waals surface area (Å²) in [6, 6.07) is 0. The Balaban J connectivity index is 1.95. The lowest BCUT2D eigenvalue weighted by Crippen LogP contribution is -2.65. The fourth-order valence-corrected chi connectivity index (χ4v) is 3.22. The van der Waals surface area contributed by atoms with Crippen LogP contribution in [0.5, 0.6) is 0 Å². The second-order valence-electron chi connectivity index (χ2n) is 5.93. The Kier molecular flexibility index (Phi) is 5.64. The largest absolute Gasteiger partial charge is 0.305 e. The molecule has 0 radical (unpaired) electrons. The summed E-state index contributed by atoms with van der Waals surface area (Å²) in [7, 11) is 0. The standard InChI is InChI=1S/C14H23N5O3S/c1-5-17-6-8-18(9-7-17)19-10-12(22-16-19)15-13(21)14(3,4)23-11(2)20/h10H,5-9H2,1-4H3/p+1. The van der Waals surface area contributed by atoms with Gasteiger partial charge in [0.25, 0.3) is 6.20 Å². The van der Waals surface area contributed by atoms with Gasteiger partial charge in [0.05, 0.1) is 22.6 Å². The van der Waals surface area contributed by atoms with E-state index in [-0.39, 0.29) is 16.9 Å². The van der Waals surface area contributed by atoms with Crippen molar-refractivity contribution in [3.05, 3.63) is 6.20 Å². The van der Waals surface area contributed by atoms with E-state index in [1.165, 1.54) is 6.92 Å². The number of likely N-dealkylation sites (N-methyl/N-ethyl adjacent to an activating group) is 1. The number of piperazine rings is 1. The minimum absolute atomic E-state index is 0.105. The predicted molar refractivity (Wildman–Crippen MR) is 87.7 cm³/mol. The summed E-state index contributed by atoms with van der Waals surface area (Å²) in [6.07, 6.45) is 1.65. The lowest BCUT2D eigenvalue weighted by atomic mass is 10.2. The number of carbonyl (C=O) groups excluding carboxylic acids is 2. The molecule has 1 aliphatic rings. The van der Waals surface area contributed by atoms with Crippen LogP contribution in [0, 0.1) is 0 Å². The lowest BCUT2D eigenvalue weighted by Gasteiger charge is -2.28. The van der Waals surface area contributed by atoms with Crippen LogP contribution in [-0.2, 0) is 9.59 Å². The quantitative estimate of drug-likeness (QED) is 0.767. The summed E-state index contributed by atoms with van der Waals surface area (Å²) in [5.41, 5.74) is 0. The van der Waals surface area contributed by atoms with Gasteiger partial charge >= 0.3 is 5.88 Å². The SMILES string of the molecule is CCN1CCN([n+]2cc(NC(=O)C(C)(C)SC(C)=O)on2)CC1. The molecule has 0 unspecified atom stereocenters. The molecule has 0 spiro atoms. The van der Waals surface area contributed by atoms with Crippen molar-refractivity contribution in [1.29, 1.82) is 0 Å². The van der Waals surface area contributed by atoms with Crippen LogP contribution < -0.4 is 15.1 Å². The van der Waals surface area contributed by atoms with Crippen LogP contribution in [0.2, 0.25) is 0 Å².